The van der Waals surface area contributed by atoms with Crippen molar-refractivity contribution in [2.75, 3.05) is 6.54 Å². The van der Waals surface area contributed by atoms with Gasteiger partial charge in [-0.05, 0) is 74.1 Å². The molecule has 1 aliphatic carbocycles. The Bertz CT molecular complexity index is 421. The first-order valence-electron chi connectivity index (χ1n) is 8.56. The van der Waals surface area contributed by atoms with Crippen LogP contribution in [0, 0.1) is 17.8 Å². The van der Waals surface area contributed by atoms with Crippen molar-refractivity contribution in [3.05, 3.63) is 34.9 Å². The molecule has 0 radical (unpaired) electrons. The van der Waals surface area contributed by atoms with Crippen molar-refractivity contribution in [1.82, 2.24) is 5.32 Å². The Kier molecular flexibility index (Phi) is 6.57. The van der Waals surface area contributed by atoms with Crippen LogP contribution in [0.3, 0.4) is 0 Å². The maximum Gasteiger partial charge on any atom is 0.0408 e. The van der Waals surface area contributed by atoms with Gasteiger partial charge in [0.25, 0.3) is 0 Å². The fourth-order valence-electron chi connectivity index (χ4n) is 3.99. The summed E-state index contributed by atoms with van der Waals surface area (Å²) in [6.45, 7) is 8.19. The highest BCUT2D eigenvalue weighted by molar-refractivity contribution is 6.30. The zero-order chi connectivity index (χ0) is 15.2. The summed E-state index contributed by atoms with van der Waals surface area (Å²) in [5.41, 5.74) is 1.36. The average molecular weight is 308 g/mol. The monoisotopic (exact) mass is 307 g/mol. The number of hydrogen-bond donors (Lipinski definition) is 1. The lowest BCUT2D eigenvalue weighted by atomic mass is 9.72. The van der Waals surface area contributed by atoms with E-state index in [1.54, 1.807) is 0 Å². The molecule has 1 fully saturated rings. The Morgan fingerprint density at radius 1 is 1.19 bits per heavy atom. The molecule has 0 heterocycles. The standard InChI is InChI=1S/C19H30ClN/c1-4-8-21-19(13-16-6-5-7-18(20)12-16)17-10-14(2)9-15(3)11-17/h5-7,12,14-15,17,19,21H,4,8-11,13H2,1-3H3. The molecular weight excluding hydrogens is 278 g/mol. The molecule has 0 aromatic heterocycles. The van der Waals surface area contributed by atoms with Gasteiger partial charge in [0.2, 0.25) is 0 Å². The summed E-state index contributed by atoms with van der Waals surface area (Å²) in [7, 11) is 0. The van der Waals surface area contributed by atoms with E-state index in [9.17, 15) is 0 Å². The van der Waals surface area contributed by atoms with E-state index < -0.39 is 0 Å². The normalized spacial score (nSPS) is 27.5. The Morgan fingerprint density at radius 2 is 1.90 bits per heavy atom. The third kappa shape index (κ3) is 5.30. The highest BCUT2D eigenvalue weighted by atomic mass is 35.5. The van der Waals surface area contributed by atoms with E-state index >= 15 is 0 Å². The van der Waals surface area contributed by atoms with Crippen molar-refractivity contribution in [2.24, 2.45) is 17.8 Å². The van der Waals surface area contributed by atoms with Crippen LogP contribution in [0.4, 0.5) is 0 Å². The molecule has 1 N–H and O–H groups in total. The number of nitrogens with one attached hydrogen (secondary N) is 1. The number of halogens is 1. The second kappa shape index (κ2) is 8.19. The molecule has 21 heavy (non-hydrogen) atoms. The lowest BCUT2D eigenvalue weighted by Gasteiger charge is -2.37. The lowest BCUT2D eigenvalue weighted by molar-refractivity contribution is 0.175. The SMILES string of the molecule is CCCNC(Cc1cccc(Cl)c1)C1CC(C)CC(C)C1. The molecule has 1 aromatic rings. The quantitative estimate of drug-likeness (QED) is 0.749. The molecule has 1 aliphatic rings. The van der Waals surface area contributed by atoms with E-state index in [2.05, 4.69) is 44.3 Å². The molecule has 2 heteroatoms. The molecule has 0 bridgehead atoms. The molecule has 3 atom stereocenters. The zero-order valence-corrected chi connectivity index (χ0v) is 14.5. The molecule has 1 saturated carbocycles. The van der Waals surface area contributed by atoms with Crippen LogP contribution in [0.2, 0.25) is 5.02 Å². The van der Waals surface area contributed by atoms with Gasteiger partial charge in [-0.25, -0.2) is 0 Å². The van der Waals surface area contributed by atoms with Crippen molar-refractivity contribution in [2.45, 2.75) is 58.9 Å². The Labute approximate surface area is 135 Å². The van der Waals surface area contributed by atoms with Gasteiger partial charge in [0.15, 0.2) is 0 Å². The summed E-state index contributed by atoms with van der Waals surface area (Å²) < 4.78 is 0. The fraction of sp³-hybridized carbons (Fsp3) is 0.684. The molecule has 2 rings (SSSR count). The molecule has 0 spiro atoms. The minimum absolute atomic E-state index is 0.591. The summed E-state index contributed by atoms with van der Waals surface area (Å²) in [6, 6.07) is 8.96. The fourth-order valence-corrected chi connectivity index (χ4v) is 4.20. The molecule has 1 nitrogen and oxygen atoms in total. The van der Waals surface area contributed by atoms with Crippen LogP contribution in [0.25, 0.3) is 0 Å². The number of benzene rings is 1. The lowest BCUT2D eigenvalue weighted by Crippen LogP contribution is -2.41. The molecule has 3 unspecified atom stereocenters. The highest BCUT2D eigenvalue weighted by Crippen LogP contribution is 2.35. The third-order valence-corrected chi connectivity index (χ3v) is 5.02. The van der Waals surface area contributed by atoms with E-state index in [1.807, 2.05) is 6.07 Å². The van der Waals surface area contributed by atoms with Crippen LogP contribution in [-0.2, 0) is 6.42 Å². The molecule has 0 saturated heterocycles. The van der Waals surface area contributed by atoms with Crippen LogP contribution in [0.1, 0.15) is 52.0 Å². The minimum atomic E-state index is 0.591. The van der Waals surface area contributed by atoms with Crippen LogP contribution in [-0.4, -0.2) is 12.6 Å². The van der Waals surface area contributed by atoms with E-state index in [1.165, 1.54) is 31.2 Å². The minimum Gasteiger partial charge on any atom is -0.313 e. The van der Waals surface area contributed by atoms with Crippen molar-refractivity contribution < 1.29 is 0 Å². The summed E-state index contributed by atoms with van der Waals surface area (Å²) in [5.74, 6) is 2.53. The Balaban J connectivity index is 2.06. The predicted molar refractivity (Wildman–Crippen MR) is 92.9 cm³/mol. The summed E-state index contributed by atoms with van der Waals surface area (Å²) in [5, 5.41) is 4.66. The first kappa shape index (κ1) is 16.8. The number of rotatable bonds is 6. The van der Waals surface area contributed by atoms with Crippen molar-refractivity contribution in [3.63, 3.8) is 0 Å². The summed E-state index contributed by atoms with van der Waals surface area (Å²) in [6.07, 6.45) is 6.43. The molecule has 0 amide bonds. The average Bonchev–Trinajstić information content (AvgIpc) is 2.42. The van der Waals surface area contributed by atoms with Gasteiger partial charge in [0, 0.05) is 11.1 Å². The van der Waals surface area contributed by atoms with Crippen LogP contribution in [0.15, 0.2) is 24.3 Å². The van der Waals surface area contributed by atoms with Crippen LogP contribution >= 0.6 is 11.6 Å². The van der Waals surface area contributed by atoms with Gasteiger partial charge >= 0.3 is 0 Å². The van der Waals surface area contributed by atoms with Crippen LogP contribution < -0.4 is 5.32 Å². The molecule has 118 valence electrons. The zero-order valence-electron chi connectivity index (χ0n) is 13.7. The second-order valence-electron chi connectivity index (χ2n) is 7.07. The van der Waals surface area contributed by atoms with E-state index in [0.717, 1.165) is 35.7 Å². The molecule has 1 aromatic carbocycles. The van der Waals surface area contributed by atoms with E-state index in [-0.39, 0.29) is 0 Å². The maximum atomic E-state index is 6.14. The predicted octanol–water partition coefficient (Wildman–Crippen LogP) is 5.32. The first-order chi connectivity index (χ1) is 10.1. The van der Waals surface area contributed by atoms with E-state index in [0.29, 0.717) is 6.04 Å². The van der Waals surface area contributed by atoms with Crippen molar-refractivity contribution >= 4 is 11.6 Å². The van der Waals surface area contributed by atoms with Crippen LogP contribution in [0.5, 0.6) is 0 Å². The topological polar surface area (TPSA) is 12.0 Å². The van der Waals surface area contributed by atoms with Gasteiger partial charge in [-0.1, -0.05) is 44.5 Å². The maximum absolute atomic E-state index is 6.14. The first-order valence-corrected chi connectivity index (χ1v) is 8.94. The van der Waals surface area contributed by atoms with E-state index in [4.69, 9.17) is 11.6 Å². The number of hydrogen-bond acceptors (Lipinski definition) is 1. The van der Waals surface area contributed by atoms with Crippen molar-refractivity contribution in [1.29, 1.82) is 0 Å². The summed E-state index contributed by atoms with van der Waals surface area (Å²) >= 11 is 6.14. The van der Waals surface area contributed by atoms with Gasteiger partial charge in [0.05, 0.1) is 0 Å². The van der Waals surface area contributed by atoms with Gasteiger partial charge in [0.1, 0.15) is 0 Å². The highest BCUT2D eigenvalue weighted by Gasteiger charge is 2.29. The molecule has 0 aliphatic heterocycles. The Hall–Kier alpha value is -0.530. The smallest absolute Gasteiger partial charge is 0.0408 e. The molecular formula is C19H30ClN. The largest absolute Gasteiger partial charge is 0.313 e. The van der Waals surface area contributed by atoms with Gasteiger partial charge in [-0.15, -0.1) is 0 Å². The summed E-state index contributed by atoms with van der Waals surface area (Å²) in [4.78, 5) is 0. The second-order valence-corrected chi connectivity index (χ2v) is 7.51. The third-order valence-electron chi connectivity index (χ3n) is 4.79. The van der Waals surface area contributed by atoms with Gasteiger partial charge in [-0.2, -0.15) is 0 Å². The van der Waals surface area contributed by atoms with Gasteiger partial charge in [-0.3, -0.25) is 0 Å². The van der Waals surface area contributed by atoms with Gasteiger partial charge < -0.3 is 5.32 Å². The Morgan fingerprint density at radius 3 is 2.52 bits per heavy atom. The van der Waals surface area contributed by atoms with Crippen molar-refractivity contribution in [3.8, 4) is 0 Å².